The van der Waals surface area contributed by atoms with E-state index in [1.165, 1.54) is 18.9 Å². The number of aromatic nitrogens is 2. The van der Waals surface area contributed by atoms with Crippen LogP contribution in [-0.2, 0) is 20.8 Å². The van der Waals surface area contributed by atoms with E-state index in [-0.39, 0.29) is 23.1 Å². The largest absolute Gasteiger partial charge is 0.491 e. The molecule has 3 rings (SSSR count). The van der Waals surface area contributed by atoms with Gasteiger partial charge in [0.2, 0.25) is 0 Å². The molecule has 0 radical (unpaired) electrons. The fraction of sp³-hybridized carbons (Fsp3) is 0.292. The number of rotatable bonds is 8. The number of esters is 2. The highest BCUT2D eigenvalue weighted by molar-refractivity contribution is 6.06. The lowest BCUT2D eigenvalue weighted by Gasteiger charge is -2.15. The smallest absolute Gasteiger partial charge is 0.357 e. The molecule has 2 aromatic carbocycles. The fourth-order valence-electron chi connectivity index (χ4n) is 3.32. The van der Waals surface area contributed by atoms with Crippen molar-refractivity contribution in [2.45, 2.75) is 26.6 Å². The number of nitrogens with zero attached hydrogens (tertiary/aromatic N) is 2. The normalized spacial score (nSPS) is 10.8. The van der Waals surface area contributed by atoms with Crippen LogP contribution in [-0.4, -0.2) is 49.2 Å². The van der Waals surface area contributed by atoms with Crippen LogP contribution in [0, 0.1) is 0 Å². The van der Waals surface area contributed by atoms with E-state index < -0.39 is 11.9 Å². The third-order valence-corrected chi connectivity index (χ3v) is 4.65. The number of carbonyl (C=O) groups excluding carboxylic acids is 2. The van der Waals surface area contributed by atoms with Gasteiger partial charge in [0.05, 0.1) is 32.6 Å². The Balaban J connectivity index is 2.28. The Labute approximate surface area is 186 Å². The van der Waals surface area contributed by atoms with Crippen molar-refractivity contribution < 1.29 is 28.5 Å². The van der Waals surface area contributed by atoms with Gasteiger partial charge in [-0.3, -0.25) is 0 Å². The SMILES string of the molecule is COCc1cc(-c2nn(-c3ccccc3)c(C(=O)OC)c2C(=O)OC)ccc1OC(C)C. The van der Waals surface area contributed by atoms with E-state index in [2.05, 4.69) is 5.10 Å². The van der Waals surface area contributed by atoms with Crippen molar-refractivity contribution in [1.82, 2.24) is 9.78 Å². The molecule has 3 aromatic rings. The maximum absolute atomic E-state index is 12.8. The van der Waals surface area contributed by atoms with E-state index in [1.807, 2.05) is 38.1 Å². The molecule has 168 valence electrons. The van der Waals surface area contributed by atoms with Gasteiger partial charge in [0.15, 0.2) is 5.69 Å². The summed E-state index contributed by atoms with van der Waals surface area (Å²) in [5, 5.41) is 4.61. The third-order valence-electron chi connectivity index (χ3n) is 4.65. The molecule has 0 bridgehead atoms. The summed E-state index contributed by atoms with van der Waals surface area (Å²) in [5.74, 6) is -0.732. The van der Waals surface area contributed by atoms with Gasteiger partial charge in [0.25, 0.3) is 0 Å². The Morgan fingerprint density at radius 1 is 0.969 bits per heavy atom. The summed E-state index contributed by atoms with van der Waals surface area (Å²) >= 11 is 0. The zero-order valence-electron chi connectivity index (χ0n) is 18.7. The topological polar surface area (TPSA) is 88.9 Å². The number of hydrogen-bond acceptors (Lipinski definition) is 7. The van der Waals surface area contributed by atoms with Crippen molar-refractivity contribution in [3.8, 4) is 22.7 Å². The van der Waals surface area contributed by atoms with Crippen LogP contribution >= 0.6 is 0 Å². The molecule has 8 nitrogen and oxygen atoms in total. The fourth-order valence-corrected chi connectivity index (χ4v) is 3.32. The molecule has 0 aliphatic carbocycles. The van der Waals surface area contributed by atoms with Crippen molar-refractivity contribution in [2.24, 2.45) is 0 Å². The van der Waals surface area contributed by atoms with Crippen LogP contribution in [0.5, 0.6) is 5.75 Å². The molecule has 1 heterocycles. The summed E-state index contributed by atoms with van der Waals surface area (Å²) in [6.45, 7) is 4.17. The number of ether oxygens (including phenoxy) is 4. The molecule has 1 aromatic heterocycles. The summed E-state index contributed by atoms with van der Waals surface area (Å²) in [6, 6.07) is 14.4. The van der Waals surface area contributed by atoms with Gasteiger partial charge in [-0.25, -0.2) is 14.3 Å². The average Bonchev–Trinajstić information content (AvgIpc) is 3.20. The lowest BCUT2D eigenvalue weighted by Crippen LogP contribution is -2.15. The Morgan fingerprint density at radius 2 is 1.66 bits per heavy atom. The van der Waals surface area contributed by atoms with Gasteiger partial charge >= 0.3 is 11.9 Å². The van der Waals surface area contributed by atoms with E-state index in [4.69, 9.17) is 18.9 Å². The first-order valence-corrected chi connectivity index (χ1v) is 10.0. The highest BCUT2D eigenvalue weighted by Crippen LogP contribution is 2.32. The van der Waals surface area contributed by atoms with Gasteiger partial charge < -0.3 is 18.9 Å². The maximum atomic E-state index is 12.8. The molecule has 0 saturated heterocycles. The van der Waals surface area contributed by atoms with Crippen molar-refractivity contribution in [3.05, 3.63) is 65.4 Å². The second-order valence-corrected chi connectivity index (χ2v) is 7.22. The molecule has 0 atom stereocenters. The van der Waals surface area contributed by atoms with Gasteiger partial charge in [-0.1, -0.05) is 18.2 Å². The first-order chi connectivity index (χ1) is 15.4. The molecule has 0 unspecified atom stereocenters. The number of methoxy groups -OCH3 is 3. The summed E-state index contributed by atoms with van der Waals surface area (Å²) in [4.78, 5) is 25.5. The summed E-state index contributed by atoms with van der Waals surface area (Å²) in [7, 11) is 4.09. The third kappa shape index (κ3) is 4.65. The second kappa shape index (κ2) is 10.1. The number of para-hydroxylation sites is 1. The molecule has 0 fully saturated rings. The van der Waals surface area contributed by atoms with Gasteiger partial charge in [-0.15, -0.1) is 0 Å². The van der Waals surface area contributed by atoms with Crippen molar-refractivity contribution in [2.75, 3.05) is 21.3 Å². The van der Waals surface area contributed by atoms with Crippen LogP contribution in [0.3, 0.4) is 0 Å². The Kier molecular flexibility index (Phi) is 7.27. The van der Waals surface area contributed by atoms with Crippen LogP contribution < -0.4 is 4.74 Å². The van der Waals surface area contributed by atoms with E-state index in [0.717, 1.165) is 5.56 Å². The Morgan fingerprint density at radius 3 is 2.25 bits per heavy atom. The van der Waals surface area contributed by atoms with Crippen LogP contribution in [0.25, 0.3) is 16.9 Å². The second-order valence-electron chi connectivity index (χ2n) is 7.22. The quantitative estimate of drug-likeness (QED) is 0.490. The van der Waals surface area contributed by atoms with E-state index in [9.17, 15) is 9.59 Å². The molecule has 8 heteroatoms. The number of carbonyl (C=O) groups is 2. The zero-order valence-corrected chi connectivity index (χ0v) is 18.7. The van der Waals surface area contributed by atoms with Gasteiger partial charge in [0, 0.05) is 18.2 Å². The first-order valence-electron chi connectivity index (χ1n) is 10.0. The lowest BCUT2D eigenvalue weighted by molar-refractivity contribution is 0.0549. The van der Waals surface area contributed by atoms with Crippen molar-refractivity contribution >= 4 is 11.9 Å². The molecule has 0 N–H and O–H groups in total. The van der Waals surface area contributed by atoms with Crippen LogP contribution in [0.2, 0.25) is 0 Å². The molecule has 0 aliphatic heterocycles. The molecular formula is C24H26N2O6. The summed E-state index contributed by atoms with van der Waals surface area (Å²) in [5.41, 5.74) is 2.27. The molecule has 0 saturated carbocycles. The predicted octanol–water partition coefficient (Wildman–Crippen LogP) is 4.05. The van der Waals surface area contributed by atoms with Crippen LogP contribution in [0.4, 0.5) is 0 Å². The minimum absolute atomic E-state index is 0.0173. The zero-order chi connectivity index (χ0) is 23.3. The first kappa shape index (κ1) is 23.0. The Bertz CT molecular complexity index is 1110. The van der Waals surface area contributed by atoms with Gasteiger partial charge in [0.1, 0.15) is 17.0 Å². The molecule has 0 spiro atoms. The van der Waals surface area contributed by atoms with Gasteiger partial charge in [-0.05, 0) is 44.2 Å². The highest BCUT2D eigenvalue weighted by atomic mass is 16.5. The molecular weight excluding hydrogens is 412 g/mol. The van der Waals surface area contributed by atoms with E-state index in [1.54, 1.807) is 31.4 Å². The monoisotopic (exact) mass is 438 g/mol. The predicted molar refractivity (Wildman–Crippen MR) is 118 cm³/mol. The van der Waals surface area contributed by atoms with Crippen LogP contribution in [0.15, 0.2) is 48.5 Å². The Hall–Kier alpha value is -3.65. The molecule has 0 amide bonds. The maximum Gasteiger partial charge on any atom is 0.357 e. The van der Waals surface area contributed by atoms with E-state index >= 15 is 0 Å². The number of benzene rings is 2. The minimum atomic E-state index is -0.704. The summed E-state index contributed by atoms with van der Waals surface area (Å²) < 4.78 is 22.5. The van der Waals surface area contributed by atoms with Crippen LogP contribution in [0.1, 0.15) is 40.3 Å². The lowest BCUT2D eigenvalue weighted by atomic mass is 10.0. The standard InChI is InChI=1S/C24H26N2O6/c1-15(2)32-19-12-11-16(13-17(19)14-29-3)21-20(23(27)30-4)22(24(28)31-5)26(25-21)18-9-7-6-8-10-18/h6-13,15H,14H2,1-5H3. The van der Waals surface area contributed by atoms with Gasteiger partial charge in [-0.2, -0.15) is 5.10 Å². The summed E-state index contributed by atoms with van der Waals surface area (Å²) in [6.07, 6.45) is -0.0229. The number of hydrogen-bond donors (Lipinski definition) is 0. The van der Waals surface area contributed by atoms with Crippen molar-refractivity contribution in [1.29, 1.82) is 0 Å². The minimum Gasteiger partial charge on any atom is -0.491 e. The average molecular weight is 438 g/mol. The molecule has 0 aliphatic rings. The molecule has 32 heavy (non-hydrogen) atoms. The van der Waals surface area contributed by atoms with Crippen molar-refractivity contribution in [3.63, 3.8) is 0 Å². The van der Waals surface area contributed by atoms with E-state index in [0.29, 0.717) is 23.6 Å². The highest BCUT2D eigenvalue weighted by Gasteiger charge is 2.31.